The number of nitrogens with zero attached hydrogens (tertiary/aromatic N) is 3. The highest BCUT2D eigenvalue weighted by Crippen LogP contribution is 2.48. The van der Waals surface area contributed by atoms with Crippen molar-refractivity contribution in [3.8, 4) is 0 Å². The molecule has 1 fully saturated rings. The van der Waals surface area contributed by atoms with Gasteiger partial charge in [0, 0.05) is 42.4 Å². The third-order valence-corrected chi connectivity index (χ3v) is 7.06. The van der Waals surface area contributed by atoms with Crippen molar-refractivity contribution in [2.45, 2.75) is 32.0 Å². The van der Waals surface area contributed by atoms with Crippen molar-refractivity contribution in [1.82, 2.24) is 19.7 Å². The summed E-state index contributed by atoms with van der Waals surface area (Å²) in [5, 5.41) is 13.4. The molecule has 8 heteroatoms. The standard InChI is InChI=1S/C27H34N4O4/c1-4-9-18-12-13-21-24-23(25(33)28-14-8-15-29(2)3)20(17-32)22(16-30(21)26(18)34)31(24)27(35)19-10-6-5-7-11-19/h4-7,9-13,20,22-24,32H,8,14-17H2,1-3H3,(H,28,33)/b9-4+/t20-,22-,23+,24+/m1/s1. The smallest absolute Gasteiger partial charge is 0.258 e. The molecule has 0 unspecified atom stereocenters. The predicted molar refractivity (Wildman–Crippen MR) is 135 cm³/mol. The summed E-state index contributed by atoms with van der Waals surface area (Å²) in [6.45, 7) is 3.18. The van der Waals surface area contributed by atoms with Crippen LogP contribution in [0.1, 0.15) is 41.0 Å². The molecule has 0 spiro atoms. The van der Waals surface area contributed by atoms with Crippen LogP contribution in [-0.2, 0) is 11.3 Å². The van der Waals surface area contributed by atoms with Gasteiger partial charge in [0.1, 0.15) is 0 Å². The van der Waals surface area contributed by atoms with Crippen LogP contribution >= 0.6 is 0 Å². The molecule has 2 bridgehead atoms. The first kappa shape index (κ1) is 24.9. The van der Waals surface area contributed by atoms with E-state index in [4.69, 9.17) is 0 Å². The van der Waals surface area contributed by atoms with Crippen molar-refractivity contribution in [2.75, 3.05) is 33.8 Å². The number of benzene rings is 1. The van der Waals surface area contributed by atoms with Gasteiger partial charge in [0.15, 0.2) is 0 Å². The number of aliphatic hydroxyl groups is 1. The fourth-order valence-electron chi connectivity index (χ4n) is 5.46. The van der Waals surface area contributed by atoms with E-state index < -0.39 is 23.9 Å². The fourth-order valence-corrected chi connectivity index (χ4v) is 5.46. The van der Waals surface area contributed by atoms with E-state index in [0.29, 0.717) is 23.4 Å². The summed E-state index contributed by atoms with van der Waals surface area (Å²) in [5.74, 6) is -1.53. The second-order valence-corrected chi connectivity index (χ2v) is 9.54. The summed E-state index contributed by atoms with van der Waals surface area (Å²) in [6, 6.07) is 11.4. The first-order valence-electron chi connectivity index (χ1n) is 12.2. The molecule has 2 aliphatic heterocycles. The molecule has 1 saturated heterocycles. The van der Waals surface area contributed by atoms with Crippen LogP contribution in [0.3, 0.4) is 0 Å². The van der Waals surface area contributed by atoms with Crippen LogP contribution in [0.15, 0.2) is 53.3 Å². The lowest BCUT2D eigenvalue weighted by molar-refractivity contribution is -0.127. The van der Waals surface area contributed by atoms with E-state index in [1.165, 1.54) is 0 Å². The molecule has 1 aromatic carbocycles. The van der Waals surface area contributed by atoms with E-state index in [1.807, 2.05) is 39.2 Å². The molecule has 0 saturated carbocycles. The summed E-state index contributed by atoms with van der Waals surface area (Å²) in [4.78, 5) is 44.2. The topological polar surface area (TPSA) is 94.9 Å². The summed E-state index contributed by atoms with van der Waals surface area (Å²) in [6.07, 6.45) is 4.36. The number of pyridine rings is 1. The Bertz CT molecular complexity index is 1160. The van der Waals surface area contributed by atoms with Gasteiger partial charge in [-0.15, -0.1) is 0 Å². The molecule has 1 aromatic heterocycles. The van der Waals surface area contributed by atoms with Crippen LogP contribution in [-0.4, -0.2) is 71.1 Å². The Morgan fingerprint density at radius 2 is 1.91 bits per heavy atom. The zero-order valence-corrected chi connectivity index (χ0v) is 20.6. The zero-order chi connectivity index (χ0) is 25.1. The minimum atomic E-state index is -0.655. The van der Waals surface area contributed by atoms with Gasteiger partial charge >= 0.3 is 0 Å². The van der Waals surface area contributed by atoms with Crippen molar-refractivity contribution in [3.05, 3.63) is 75.7 Å². The lowest BCUT2D eigenvalue weighted by Gasteiger charge is -2.38. The van der Waals surface area contributed by atoms with Crippen molar-refractivity contribution in [1.29, 1.82) is 0 Å². The second kappa shape index (κ2) is 10.6. The van der Waals surface area contributed by atoms with Gasteiger partial charge in [-0.1, -0.05) is 30.4 Å². The van der Waals surface area contributed by atoms with Gasteiger partial charge in [-0.25, -0.2) is 0 Å². The molecule has 8 nitrogen and oxygen atoms in total. The zero-order valence-electron chi connectivity index (χ0n) is 20.6. The van der Waals surface area contributed by atoms with E-state index >= 15 is 0 Å². The Hall–Kier alpha value is -3.23. The molecule has 2 amide bonds. The number of carbonyl (C=O) groups excluding carboxylic acids is 2. The number of fused-ring (bicyclic) bond motifs is 4. The highest BCUT2D eigenvalue weighted by Gasteiger charge is 2.57. The average molecular weight is 479 g/mol. The van der Waals surface area contributed by atoms with Gasteiger partial charge < -0.3 is 24.8 Å². The molecule has 35 heavy (non-hydrogen) atoms. The molecule has 4 atom stereocenters. The van der Waals surface area contributed by atoms with Crippen LogP contribution in [0.25, 0.3) is 6.08 Å². The maximum atomic E-state index is 13.7. The van der Waals surface area contributed by atoms with E-state index in [9.17, 15) is 19.5 Å². The molecular weight excluding hydrogens is 444 g/mol. The highest BCUT2D eigenvalue weighted by molar-refractivity contribution is 5.96. The van der Waals surface area contributed by atoms with Crippen LogP contribution < -0.4 is 10.9 Å². The summed E-state index contributed by atoms with van der Waals surface area (Å²) in [5.41, 5.74) is 1.57. The van der Waals surface area contributed by atoms with Gasteiger partial charge in [-0.05, 0) is 58.3 Å². The number of aliphatic hydroxyl groups excluding tert-OH is 1. The SMILES string of the molecule is C/C=C/c1ccc2n(c1=O)C[C@@H]1[C@@H](CO)[C@H](C(=O)NCCCN(C)C)[C@H]2N1C(=O)c1ccccc1. The largest absolute Gasteiger partial charge is 0.396 e. The third-order valence-electron chi connectivity index (χ3n) is 7.06. The van der Waals surface area contributed by atoms with Gasteiger partial charge in [-0.3, -0.25) is 14.4 Å². The molecular formula is C27H34N4O4. The van der Waals surface area contributed by atoms with E-state index in [1.54, 1.807) is 45.9 Å². The molecule has 4 rings (SSSR count). The number of amides is 2. The van der Waals surface area contributed by atoms with E-state index in [0.717, 1.165) is 13.0 Å². The van der Waals surface area contributed by atoms with E-state index in [2.05, 4.69) is 10.2 Å². The summed E-state index contributed by atoms with van der Waals surface area (Å²) < 4.78 is 1.68. The Labute approximate surface area is 205 Å². The second-order valence-electron chi connectivity index (χ2n) is 9.54. The number of aromatic nitrogens is 1. The van der Waals surface area contributed by atoms with Crippen LogP contribution in [0.4, 0.5) is 0 Å². The fraction of sp³-hybridized carbons (Fsp3) is 0.444. The number of hydrogen-bond acceptors (Lipinski definition) is 5. The quantitative estimate of drug-likeness (QED) is 0.564. The Morgan fingerprint density at radius 1 is 1.17 bits per heavy atom. The summed E-state index contributed by atoms with van der Waals surface area (Å²) in [7, 11) is 3.96. The Balaban J connectivity index is 1.76. The minimum Gasteiger partial charge on any atom is -0.396 e. The van der Waals surface area contributed by atoms with Crippen LogP contribution in [0, 0.1) is 11.8 Å². The molecule has 0 radical (unpaired) electrons. The van der Waals surface area contributed by atoms with Crippen LogP contribution in [0.2, 0.25) is 0 Å². The average Bonchev–Trinajstić information content (AvgIpc) is 3.10. The van der Waals surface area contributed by atoms with Gasteiger partial charge in [0.2, 0.25) is 5.91 Å². The first-order valence-corrected chi connectivity index (χ1v) is 12.2. The van der Waals surface area contributed by atoms with Gasteiger partial charge in [0.25, 0.3) is 11.5 Å². The predicted octanol–water partition coefficient (Wildman–Crippen LogP) is 1.75. The molecule has 3 heterocycles. The summed E-state index contributed by atoms with van der Waals surface area (Å²) >= 11 is 0. The highest BCUT2D eigenvalue weighted by atomic mass is 16.3. The maximum absolute atomic E-state index is 13.7. The number of hydrogen-bond donors (Lipinski definition) is 2. The molecule has 2 N–H and O–H groups in total. The molecule has 2 aromatic rings. The maximum Gasteiger partial charge on any atom is 0.258 e. The third kappa shape index (κ3) is 4.68. The number of carbonyl (C=O) groups is 2. The van der Waals surface area contributed by atoms with Crippen LogP contribution in [0.5, 0.6) is 0 Å². The Kier molecular flexibility index (Phi) is 7.52. The number of allylic oxidation sites excluding steroid dienone is 1. The number of nitrogens with one attached hydrogen (secondary N) is 1. The van der Waals surface area contributed by atoms with E-state index in [-0.39, 0.29) is 30.5 Å². The van der Waals surface area contributed by atoms with Crippen molar-refractivity contribution in [2.24, 2.45) is 11.8 Å². The normalized spacial score (nSPS) is 23.1. The molecule has 2 aliphatic rings. The monoisotopic (exact) mass is 478 g/mol. The molecule has 0 aliphatic carbocycles. The Morgan fingerprint density at radius 3 is 2.57 bits per heavy atom. The first-order chi connectivity index (χ1) is 16.9. The van der Waals surface area contributed by atoms with Gasteiger partial charge in [-0.2, -0.15) is 0 Å². The molecule has 186 valence electrons. The van der Waals surface area contributed by atoms with Crippen molar-refractivity contribution < 1.29 is 14.7 Å². The minimum absolute atomic E-state index is 0.147. The number of rotatable bonds is 8. The van der Waals surface area contributed by atoms with Crippen molar-refractivity contribution >= 4 is 17.9 Å². The lowest BCUT2D eigenvalue weighted by Crippen LogP contribution is -2.49. The van der Waals surface area contributed by atoms with Gasteiger partial charge in [0.05, 0.1) is 18.0 Å². The van der Waals surface area contributed by atoms with Crippen molar-refractivity contribution in [3.63, 3.8) is 0 Å². The lowest BCUT2D eigenvalue weighted by atomic mass is 9.86.